The molecule has 2 N–H and O–H groups in total. The van der Waals surface area contributed by atoms with Gasteiger partial charge in [0.1, 0.15) is 12.1 Å². The van der Waals surface area contributed by atoms with Gasteiger partial charge < -0.3 is 5.73 Å². The molecule has 120 valence electrons. The average molecular weight is 309 g/mol. The number of aromatic nitrogens is 4. The summed E-state index contributed by atoms with van der Waals surface area (Å²) in [5.74, 6) is 0.491. The molecule has 0 bridgehead atoms. The maximum Gasteiger partial charge on any atom is 0.164 e. The van der Waals surface area contributed by atoms with Crippen molar-refractivity contribution in [1.82, 2.24) is 19.7 Å². The van der Waals surface area contributed by atoms with Gasteiger partial charge in [-0.25, -0.2) is 14.6 Å². The smallest absolute Gasteiger partial charge is 0.164 e. The molecular weight excluding hydrogens is 286 g/mol. The number of nitrogen functional groups attached to an aromatic ring is 1. The summed E-state index contributed by atoms with van der Waals surface area (Å²) in [6.45, 7) is 10.6. The van der Waals surface area contributed by atoms with Gasteiger partial charge in [-0.2, -0.15) is 5.10 Å². The molecule has 0 aliphatic rings. The molecule has 0 saturated carbocycles. The fourth-order valence-corrected chi connectivity index (χ4v) is 2.86. The first kappa shape index (κ1) is 15.5. The van der Waals surface area contributed by atoms with Crippen LogP contribution in [0.4, 0.5) is 5.82 Å². The Balaban J connectivity index is 2.18. The molecule has 0 amide bonds. The third kappa shape index (κ3) is 2.79. The van der Waals surface area contributed by atoms with Crippen LogP contribution in [0.5, 0.6) is 0 Å². The van der Waals surface area contributed by atoms with E-state index in [1.54, 1.807) is 0 Å². The van der Waals surface area contributed by atoms with E-state index in [2.05, 4.69) is 62.8 Å². The van der Waals surface area contributed by atoms with Crippen LogP contribution in [0, 0.1) is 13.8 Å². The topological polar surface area (TPSA) is 69.6 Å². The van der Waals surface area contributed by atoms with E-state index in [1.807, 2.05) is 4.68 Å². The van der Waals surface area contributed by atoms with Gasteiger partial charge in [0, 0.05) is 6.42 Å². The average Bonchev–Trinajstić information content (AvgIpc) is 2.82. The first-order valence-corrected chi connectivity index (χ1v) is 7.82. The third-order valence-corrected chi connectivity index (χ3v) is 4.06. The van der Waals surface area contributed by atoms with E-state index in [9.17, 15) is 0 Å². The highest BCUT2D eigenvalue weighted by molar-refractivity contribution is 5.88. The zero-order valence-corrected chi connectivity index (χ0v) is 14.4. The molecule has 0 fully saturated rings. The van der Waals surface area contributed by atoms with Crippen molar-refractivity contribution < 1.29 is 0 Å². The highest BCUT2D eigenvalue weighted by atomic mass is 15.3. The minimum absolute atomic E-state index is 0.167. The van der Waals surface area contributed by atoms with Crippen LogP contribution in [0.15, 0.2) is 24.5 Å². The van der Waals surface area contributed by atoms with Gasteiger partial charge in [0.15, 0.2) is 5.65 Å². The lowest BCUT2D eigenvalue weighted by atomic mass is 10.0. The Morgan fingerprint density at radius 2 is 1.87 bits per heavy atom. The van der Waals surface area contributed by atoms with Crippen LogP contribution >= 0.6 is 0 Å². The van der Waals surface area contributed by atoms with Gasteiger partial charge in [-0.3, -0.25) is 0 Å². The Hall–Kier alpha value is -2.43. The summed E-state index contributed by atoms with van der Waals surface area (Å²) < 4.78 is 1.94. The second-order valence-electron chi connectivity index (χ2n) is 7.09. The SMILES string of the molecule is Cc1ccc(Cc2nn(C(C)(C)C)c3ncnc(N)c23)c(C)c1. The zero-order chi connectivity index (χ0) is 16.8. The van der Waals surface area contributed by atoms with Crippen molar-refractivity contribution >= 4 is 16.9 Å². The first-order valence-electron chi connectivity index (χ1n) is 7.82. The predicted molar refractivity (Wildman–Crippen MR) is 93.5 cm³/mol. The van der Waals surface area contributed by atoms with Gasteiger partial charge in [-0.15, -0.1) is 0 Å². The van der Waals surface area contributed by atoms with E-state index >= 15 is 0 Å². The maximum atomic E-state index is 6.13. The van der Waals surface area contributed by atoms with Gasteiger partial charge in [0.05, 0.1) is 16.6 Å². The second-order valence-corrected chi connectivity index (χ2v) is 7.09. The summed E-state index contributed by atoms with van der Waals surface area (Å²) in [5, 5.41) is 5.68. The molecule has 23 heavy (non-hydrogen) atoms. The molecule has 0 aliphatic heterocycles. The van der Waals surface area contributed by atoms with E-state index in [4.69, 9.17) is 10.8 Å². The molecule has 1 aromatic carbocycles. The molecule has 0 unspecified atom stereocenters. The standard InChI is InChI=1S/C18H23N5/c1-11-6-7-13(12(2)8-11)9-14-15-16(19)20-10-21-17(15)23(22-14)18(3,4)5/h6-8,10H,9H2,1-5H3,(H2,19,20,21). The summed E-state index contributed by atoms with van der Waals surface area (Å²) in [7, 11) is 0. The van der Waals surface area contributed by atoms with Crippen molar-refractivity contribution in [2.45, 2.75) is 46.6 Å². The molecule has 5 heteroatoms. The van der Waals surface area contributed by atoms with Gasteiger partial charge >= 0.3 is 0 Å². The van der Waals surface area contributed by atoms with Crippen molar-refractivity contribution in [2.75, 3.05) is 5.73 Å². The number of hydrogen-bond donors (Lipinski definition) is 1. The van der Waals surface area contributed by atoms with Crippen molar-refractivity contribution in [3.05, 3.63) is 46.9 Å². The summed E-state index contributed by atoms with van der Waals surface area (Å²) >= 11 is 0. The fraction of sp³-hybridized carbons (Fsp3) is 0.389. The molecule has 0 spiro atoms. The largest absolute Gasteiger partial charge is 0.383 e. The summed E-state index contributed by atoms with van der Waals surface area (Å²) in [6.07, 6.45) is 2.23. The van der Waals surface area contributed by atoms with Crippen LogP contribution in [0.2, 0.25) is 0 Å². The lowest BCUT2D eigenvalue weighted by Gasteiger charge is -2.19. The Labute approximate surface area is 136 Å². The molecule has 2 heterocycles. The maximum absolute atomic E-state index is 6.13. The Kier molecular flexibility index (Phi) is 3.59. The molecule has 3 aromatic rings. The van der Waals surface area contributed by atoms with E-state index in [0.29, 0.717) is 5.82 Å². The molecule has 5 nitrogen and oxygen atoms in total. The van der Waals surface area contributed by atoms with E-state index in [1.165, 1.54) is 23.0 Å². The van der Waals surface area contributed by atoms with Crippen LogP contribution in [0.3, 0.4) is 0 Å². The Morgan fingerprint density at radius 3 is 2.52 bits per heavy atom. The van der Waals surface area contributed by atoms with Crippen LogP contribution in [-0.2, 0) is 12.0 Å². The molecule has 2 aromatic heterocycles. The fourth-order valence-electron chi connectivity index (χ4n) is 2.86. The van der Waals surface area contributed by atoms with Crippen LogP contribution in [0.1, 0.15) is 43.2 Å². The normalized spacial score (nSPS) is 12.0. The molecule has 0 aliphatic carbocycles. The number of nitrogens with zero attached hydrogens (tertiary/aromatic N) is 4. The number of benzene rings is 1. The first-order chi connectivity index (χ1) is 10.8. The Morgan fingerprint density at radius 1 is 1.13 bits per heavy atom. The highest BCUT2D eigenvalue weighted by Crippen LogP contribution is 2.28. The molecule has 3 rings (SSSR count). The minimum Gasteiger partial charge on any atom is -0.383 e. The van der Waals surface area contributed by atoms with Crippen molar-refractivity contribution in [3.63, 3.8) is 0 Å². The third-order valence-electron chi connectivity index (χ3n) is 4.06. The van der Waals surface area contributed by atoms with Gasteiger partial charge in [-0.1, -0.05) is 23.8 Å². The van der Waals surface area contributed by atoms with Crippen molar-refractivity contribution in [1.29, 1.82) is 0 Å². The summed E-state index contributed by atoms with van der Waals surface area (Å²) in [4.78, 5) is 8.57. The monoisotopic (exact) mass is 309 g/mol. The number of anilines is 1. The van der Waals surface area contributed by atoms with Crippen molar-refractivity contribution in [2.24, 2.45) is 0 Å². The number of aryl methyl sites for hydroxylation is 2. The molecule has 0 radical (unpaired) electrons. The summed E-state index contributed by atoms with van der Waals surface area (Å²) in [6, 6.07) is 6.48. The Bertz CT molecular complexity index is 871. The molecule has 0 saturated heterocycles. The number of fused-ring (bicyclic) bond motifs is 1. The van der Waals surface area contributed by atoms with Gasteiger partial charge in [0.25, 0.3) is 0 Å². The lowest BCUT2D eigenvalue weighted by Crippen LogP contribution is -2.23. The number of hydrogen-bond acceptors (Lipinski definition) is 4. The predicted octanol–water partition coefficient (Wildman–Crippen LogP) is 3.37. The quantitative estimate of drug-likeness (QED) is 0.788. The molecular formula is C18H23N5. The summed E-state index contributed by atoms with van der Waals surface area (Å²) in [5.41, 5.74) is 11.5. The lowest BCUT2D eigenvalue weighted by molar-refractivity contribution is 0.363. The van der Waals surface area contributed by atoms with Crippen LogP contribution in [-0.4, -0.2) is 19.7 Å². The van der Waals surface area contributed by atoms with E-state index < -0.39 is 0 Å². The number of nitrogens with two attached hydrogens (primary N) is 1. The van der Waals surface area contributed by atoms with Gasteiger partial charge in [-0.05, 0) is 45.7 Å². The van der Waals surface area contributed by atoms with Crippen LogP contribution < -0.4 is 5.73 Å². The highest BCUT2D eigenvalue weighted by Gasteiger charge is 2.23. The zero-order valence-electron chi connectivity index (χ0n) is 14.4. The van der Waals surface area contributed by atoms with E-state index in [0.717, 1.165) is 23.1 Å². The van der Waals surface area contributed by atoms with Crippen molar-refractivity contribution in [3.8, 4) is 0 Å². The number of rotatable bonds is 2. The molecule has 0 atom stereocenters. The second kappa shape index (κ2) is 5.33. The minimum atomic E-state index is -0.167. The van der Waals surface area contributed by atoms with Crippen LogP contribution in [0.25, 0.3) is 11.0 Å². The van der Waals surface area contributed by atoms with E-state index in [-0.39, 0.29) is 5.54 Å². The van der Waals surface area contributed by atoms with Gasteiger partial charge in [0.2, 0.25) is 0 Å².